The van der Waals surface area contributed by atoms with Crippen molar-refractivity contribution in [2.75, 3.05) is 12.3 Å². The zero-order valence-electron chi connectivity index (χ0n) is 10.3. The van der Waals surface area contributed by atoms with Crippen LogP contribution in [0.25, 0.3) is 0 Å². The Balaban J connectivity index is 1.66. The van der Waals surface area contributed by atoms with Gasteiger partial charge in [-0.15, -0.1) is 11.8 Å². The highest BCUT2D eigenvalue weighted by molar-refractivity contribution is 9.10. The highest BCUT2D eigenvalue weighted by Crippen LogP contribution is 2.38. The highest BCUT2D eigenvalue weighted by atomic mass is 79.9. The second-order valence-corrected chi connectivity index (χ2v) is 6.72. The van der Waals surface area contributed by atoms with Crippen LogP contribution < -0.4 is 10.5 Å². The Labute approximate surface area is 125 Å². The van der Waals surface area contributed by atoms with Crippen molar-refractivity contribution in [2.45, 2.75) is 16.6 Å². The first-order valence-corrected chi connectivity index (χ1v) is 7.82. The third kappa shape index (κ3) is 2.74. The molecule has 1 atom stereocenters. The number of nitrogens with two attached hydrogens (primary N) is 1. The standard InChI is InChI=1S/C15H14BrNOS/c16-12-5-3-6-13(17)15(12)18-9-11-8-10-4-1-2-7-14(10)19-11/h1-7,11H,8-9,17H2. The van der Waals surface area contributed by atoms with Gasteiger partial charge in [0.25, 0.3) is 0 Å². The number of benzene rings is 2. The van der Waals surface area contributed by atoms with E-state index < -0.39 is 0 Å². The summed E-state index contributed by atoms with van der Waals surface area (Å²) in [4.78, 5) is 1.37. The van der Waals surface area contributed by atoms with Gasteiger partial charge in [-0.25, -0.2) is 0 Å². The molecule has 0 spiro atoms. The van der Waals surface area contributed by atoms with Gasteiger partial charge >= 0.3 is 0 Å². The fraction of sp³-hybridized carbons (Fsp3) is 0.200. The molecule has 1 aliphatic heterocycles. The molecule has 98 valence electrons. The lowest BCUT2D eigenvalue weighted by molar-refractivity contribution is 0.317. The summed E-state index contributed by atoms with van der Waals surface area (Å²) in [7, 11) is 0. The van der Waals surface area contributed by atoms with E-state index in [1.165, 1.54) is 10.5 Å². The molecule has 1 aliphatic rings. The molecule has 0 fully saturated rings. The molecular formula is C15H14BrNOS. The number of anilines is 1. The van der Waals surface area contributed by atoms with Crippen molar-refractivity contribution in [2.24, 2.45) is 0 Å². The Morgan fingerprint density at radius 1 is 1.21 bits per heavy atom. The summed E-state index contributed by atoms with van der Waals surface area (Å²) in [5.41, 5.74) is 8.02. The van der Waals surface area contributed by atoms with Gasteiger partial charge < -0.3 is 10.5 Å². The van der Waals surface area contributed by atoms with Gasteiger partial charge in [0.05, 0.1) is 10.2 Å². The van der Waals surface area contributed by atoms with Gasteiger partial charge in [0, 0.05) is 10.1 Å². The minimum absolute atomic E-state index is 0.462. The monoisotopic (exact) mass is 335 g/mol. The largest absolute Gasteiger partial charge is 0.489 e. The fourth-order valence-electron chi connectivity index (χ4n) is 2.20. The lowest BCUT2D eigenvalue weighted by Crippen LogP contribution is -2.14. The number of ether oxygens (including phenoxy) is 1. The fourth-order valence-corrected chi connectivity index (χ4v) is 3.91. The predicted molar refractivity (Wildman–Crippen MR) is 83.8 cm³/mol. The van der Waals surface area contributed by atoms with Crippen LogP contribution in [0, 0.1) is 0 Å². The van der Waals surface area contributed by atoms with E-state index in [0.717, 1.165) is 16.6 Å². The van der Waals surface area contributed by atoms with E-state index in [-0.39, 0.29) is 0 Å². The minimum atomic E-state index is 0.462. The first kappa shape index (κ1) is 12.9. The predicted octanol–water partition coefficient (Wildman–Crippen LogP) is 4.13. The van der Waals surface area contributed by atoms with Crippen LogP contribution >= 0.6 is 27.7 Å². The van der Waals surface area contributed by atoms with Gasteiger partial charge in [0.1, 0.15) is 6.61 Å². The second-order valence-electron chi connectivity index (χ2n) is 4.52. The average molecular weight is 336 g/mol. The molecule has 2 aromatic rings. The number of nitrogen functional groups attached to an aromatic ring is 1. The van der Waals surface area contributed by atoms with Crippen LogP contribution in [-0.2, 0) is 6.42 Å². The number of para-hydroxylation sites is 1. The van der Waals surface area contributed by atoms with Crippen LogP contribution in [0.2, 0.25) is 0 Å². The molecule has 3 rings (SSSR count). The molecule has 4 heteroatoms. The minimum Gasteiger partial charge on any atom is -0.489 e. The third-order valence-corrected chi connectivity index (χ3v) is 5.04. The van der Waals surface area contributed by atoms with Crippen LogP contribution in [0.5, 0.6) is 5.75 Å². The van der Waals surface area contributed by atoms with Gasteiger partial charge in [0.2, 0.25) is 0 Å². The molecule has 0 amide bonds. The molecule has 2 nitrogen and oxygen atoms in total. The van der Waals surface area contributed by atoms with E-state index in [1.807, 2.05) is 30.0 Å². The first-order chi connectivity index (χ1) is 9.24. The maximum absolute atomic E-state index is 5.93. The van der Waals surface area contributed by atoms with E-state index in [9.17, 15) is 0 Å². The Kier molecular flexibility index (Phi) is 3.71. The van der Waals surface area contributed by atoms with Crippen LogP contribution in [-0.4, -0.2) is 11.9 Å². The first-order valence-electron chi connectivity index (χ1n) is 6.15. The zero-order valence-corrected chi connectivity index (χ0v) is 12.7. The van der Waals surface area contributed by atoms with Gasteiger partial charge in [-0.2, -0.15) is 0 Å². The van der Waals surface area contributed by atoms with E-state index in [4.69, 9.17) is 10.5 Å². The molecule has 0 aliphatic carbocycles. The lowest BCUT2D eigenvalue weighted by atomic mass is 10.1. The molecule has 0 saturated heterocycles. The molecule has 0 saturated carbocycles. The van der Waals surface area contributed by atoms with Crippen molar-refractivity contribution in [1.29, 1.82) is 0 Å². The molecule has 0 aromatic heterocycles. The van der Waals surface area contributed by atoms with Crippen molar-refractivity contribution < 1.29 is 4.74 Å². The van der Waals surface area contributed by atoms with Crippen molar-refractivity contribution in [3.8, 4) is 5.75 Å². The summed E-state index contributed by atoms with van der Waals surface area (Å²) in [6.45, 7) is 0.673. The lowest BCUT2D eigenvalue weighted by Gasteiger charge is -2.13. The summed E-state index contributed by atoms with van der Waals surface area (Å²) in [6.07, 6.45) is 1.06. The summed E-state index contributed by atoms with van der Waals surface area (Å²) in [5, 5.41) is 0.462. The van der Waals surface area contributed by atoms with E-state index in [0.29, 0.717) is 17.5 Å². The van der Waals surface area contributed by atoms with Crippen LogP contribution in [0.3, 0.4) is 0 Å². The summed E-state index contributed by atoms with van der Waals surface area (Å²) >= 11 is 5.36. The summed E-state index contributed by atoms with van der Waals surface area (Å²) < 4.78 is 6.80. The molecule has 0 radical (unpaired) electrons. The number of hydrogen-bond donors (Lipinski definition) is 1. The molecule has 2 N–H and O–H groups in total. The number of rotatable bonds is 3. The Bertz CT molecular complexity index is 557. The second kappa shape index (κ2) is 5.47. The van der Waals surface area contributed by atoms with E-state index in [1.54, 1.807) is 0 Å². The summed E-state index contributed by atoms with van der Waals surface area (Å²) in [5.74, 6) is 0.749. The maximum Gasteiger partial charge on any atom is 0.156 e. The average Bonchev–Trinajstić information content (AvgIpc) is 2.81. The molecule has 1 heterocycles. The van der Waals surface area contributed by atoms with Crippen molar-refractivity contribution >= 4 is 33.4 Å². The smallest absolute Gasteiger partial charge is 0.156 e. The number of thioether (sulfide) groups is 1. The van der Waals surface area contributed by atoms with Crippen LogP contribution in [0.1, 0.15) is 5.56 Å². The summed E-state index contributed by atoms with van der Waals surface area (Å²) in [6, 6.07) is 14.3. The van der Waals surface area contributed by atoms with Gasteiger partial charge in [0.15, 0.2) is 5.75 Å². The molecule has 19 heavy (non-hydrogen) atoms. The topological polar surface area (TPSA) is 35.2 Å². The Morgan fingerprint density at radius 3 is 2.84 bits per heavy atom. The van der Waals surface area contributed by atoms with Gasteiger partial charge in [-0.05, 0) is 46.1 Å². The molecule has 2 aromatic carbocycles. The molecule has 1 unspecified atom stereocenters. The van der Waals surface area contributed by atoms with E-state index >= 15 is 0 Å². The van der Waals surface area contributed by atoms with Crippen molar-refractivity contribution in [3.63, 3.8) is 0 Å². The third-order valence-electron chi connectivity index (χ3n) is 3.12. The molecule has 0 bridgehead atoms. The van der Waals surface area contributed by atoms with Gasteiger partial charge in [-0.1, -0.05) is 24.3 Å². The molecular weight excluding hydrogens is 322 g/mol. The van der Waals surface area contributed by atoms with Crippen LogP contribution in [0.15, 0.2) is 51.8 Å². The Hall–Kier alpha value is -1.13. The number of fused-ring (bicyclic) bond motifs is 1. The number of halogens is 1. The van der Waals surface area contributed by atoms with Crippen molar-refractivity contribution in [3.05, 3.63) is 52.5 Å². The maximum atomic E-state index is 5.93. The SMILES string of the molecule is Nc1cccc(Br)c1OCC1Cc2ccccc2S1. The highest BCUT2D eigenvalue weighted by Gasteiger charge is 2.22. The van der Waals surface area contributed by atoms with E-state index in [2.05, 4.69) is 40.2 Å². The Morgan fingerprint density at radius 2 is 2.05 bits per heavy atom. The van der Waals surface area contributed by atoms with Crippen molar-refractivity contribution in [1.82, 2.24) is 0 Å². The zero-order chi connectivity index (χ0) is 13.2. The quantitative estimate of drug-likeness (QED) is 0.856. The normalized spacial score (nSPS) is 17.2. The van der Waals surface area contributed by atoms with Gasteiger partial charge in [-0.3, -0.25) is 0 Å². The van der Waals surface area contributed by atoms with Crippen LogP contribution in [0.4, 0.5) is 5.69 Å². The number of hydrogen-bond acceptors (Lipinski definition) is 3.